The Bertz CT molecular complexity index is 447. The van der Waals surface area contributed by atoms with E-state index in [1.807, 2.05) is 12.1 Å². The highest BCUT2D eigenvalue weighted by atomic mass is 16.5. The smallest absolute Gasteiger partial charge is 0.128 e. The zero-order valence-corrected chi connectivity index (χ0v) is 13.8. The molecule has 3 atom stereocenters. The summed E-state index contributed by atoms with van der Waals surface area (Å²) in [6.07, 6.45) is 4.92. The van der Waals surface area contributed by atoms with E-state index in [2.05, 4.69) is 32.2 Å². The van der Waals surface area contributed by atoms with Crippen molar-refractivity contribution in [1.82, 2.24) is 5.32 Å². The number of methoxy groups -OCH3 is 1. The SMILES string of the molecule is CCCNC1CC(C(C)CCC)Oc2cc(OC)ccc21. The van der Waals surface area contributed by atoms with Gasteiger partial charge in [0, 0.05) is 24.1 Å². The quantitative estimate of drug-likeness (QED) is 0.811. The van der Waals surface area contributed by atoms with E-state index in [9.17, 15) is 0 Å². The highest BCUT2D eigenvalue weighted by Gasteiger charge is 2.31. The number of benzene rings is 1. The molecule has 1 aliphatic heterocycles. The summed E-state index contributed by atoms with van der Waals surface area (Å²) in [4.78, 5) is 0. The summed E-state index contributed by atoms with van der Waals surface area (Å²) in [6, 6.07) is 6.59. The average Bonchev–Trinajstić information content (AvgIpc) is 2.51. The van der Waals surface area contributed by atoms with E-state index < -0.39 is 0 Å². The molecule has 2 rings (SSSR count). The molecule has 1 N–H and O–H groups in total. The first-order chi connectivity index (χ1) is 10.2. The summed E-state index contributed by atoms with van der Waals surface area (Å²) < 4.78 is 11.6. The monoisotopic (exact) mass is 291 g/mol. The molecule has 118 valence electrons. The molecule has 0 aliphatic carbocycles. The van der Waals surface area contributed by atoms with E-state index >= 15 is 0 Å². The fraction of sp³-hybridized carbons (Fsp3) is 0.667. The minimum atomic E-state index is 0.291. The summed E-state index contributed by atoms with van der Waals surface area (Å²) in [6.45, 7) is 7.79. The van der Waals surface area contributed by atoms with Gasteiger partial charge < -0.3 is 14.8 Å². The van der Waals surface area contributed by atoms with E-state index in [1.54, 1.807) is 7.11 Å². The van der Waals surface area contributed by atoms with Crippen LogP contribution in [-0.4, -0.2) is 19.8 Å². The van der Waals surface area contributed by atoms with Crippen LogP contribution in [0.4, 0.5) is 0 Å². The highest BCUT2D eigenvalue weighted by Crippen LogP contribution is 2.39. The third-order valence-electron chi connectivity index (χ3n) is 4.36. The van der Waals surface area contributed by atoms with Crippen LogP contribution in [0.5, 0.6) is 11.5 Å². The van der Waals surface area contributed by atoms with E-state index in [1.165, 1.54) is 18.4 Å². The molecule has 1 heterocycles. The molecular formula is C18H29NO2. The molecule has 3 heteroatoms. The van der Waals surface area contributed by atoms with Crippen molar-refractivity contribution in [3.63, 3.8) is 0 Å². The summed E-state index contributed by atoms with van der Waals surface area (Å²) in [5, 5.41) is 3.67. The number of ether oxygens (including phenoxy) is 2. The zero-order valence-electron chi connectivity index (χ0n) is 13.8. The number of nitrogens with one attached hydrogen (secondary N) is 1. The van der Waals surface area contributed by atoms with Gasteiger partial charge in [0.2, 0.25) is 0 Å². The fourth-order valence-electron chi connectivity index (χ4n) is 3.10. The van der Waals surface area contributed by atoms with Crippen molar-refractivity contribution in [3.8, 4) is 11.5 Å². The summed E-state index contributed by atoms with van der Waals surface area (Å²) in [5.74, 6) is 2.44. The summed E-state index contributed by atoms with van der Waals surface area (Å²) in [7, 11) is 1.70. The maximum Gasteiger partial charge on any atom is 0.128 e. The van der Waals surface area contributed by atoms with Gasteiger partial charge in [-0.05, 0) is 31.4 Å². The summed E-state index contributed by atoms with van der Waals surface area (Å²) >= 11 is 0. The standard InChI is InChI=1S/C18H29NO2/c1-5-7-13(3)17-12-16(19-10-6-2)15-9-8-14(20-4)11-18(15)21-17/h8-9,11,13,16-17,19H,5-7,10,12H2,1-4H3. The van der Waals surface area contributed by atoms with Gasteiger partial charge in [-0.1, -0.05) is 33.3 Å². The number of hydrogen-bond acceptors (Lipinski definition) is 3. The first-order valence-corrected chi connectivity index (χ1v) is 8.27. The molecule has 3 nitrogen and oxygen atoms in total. The third kappa shape index (κ3) is 3.91. The van der Waals surface area contributed by atoms with Crippen LogP contribution in [0.3, 0.4) is 0 Å². The predicted molar refractivity (Wildman–Crippen MR) is 87.1 cm³/mol. The van der Waals surface area contributed by atoms with Gasteiger partial charge in [-0.3, -0.25) is 0 Å². The first kappa shape index (κ1) is 16.2. The second-order valence-electron chi connectivity index (χ2n) is 6.07. The van der Waals surface area contributed by atoms with Crippen molar-refractivity contribution >= 4 is 0 Å². The van der Waals surface area contributed by atoms with Gasteiger partial charge in [-0.2, -0.15) is 0 Å². The van der Waals surface area contributed by atoms with E-state index in [0.717, 1.165) is 30.9 Å². The van der Waals surface area contributed by atoms with Crippen molar-refractivity contribution in [3.05, 3.63) is 23.8 Å². The van der Waals surface area contributed by atoms with E-state index in [0.29, 0.717) is 18.1 Å². The third-order valence-corrected chi connectivity index (χ3v) is 4.36. The van der Waals surface area contributed by atoms with Gasteiger partial charge in [0.25, 0.3) is 0 Å². The van der Waals surface area contributed by atoms with Crippen molar-refractivity contribution in [1.29, 1.82) is 0 Å². The predicted octanol–water partition coefficient (Wildman–Crippen LogP) is 4.32. The second kappa shape index (κ2) is 7.69. The van der Waals surface area contributed by atoms with Crippen molar-refractivity contribution in [2.24, 2.45) is 5.92 Å². The van der Waals surface area contributed by atoms with Gasteiger partial charge in [0.1, 0.15) is 17.6 Å². The lowest BCUT2D eigenvalue weighted by Crippen LogP contribution is -2.36. The maximum atomic E-state index is 6.28. The van der Waals surface area contributed by atoms with Gasteiger partial charge in [-0.25, -0.2) is 0 Å². The fourth-order valence-corrected chi connectivity index (χ4v) is 3.10. The molecule has 0 bridgehead atoms. The maximum absolute atomic E-state index is 6.28. The Morgan fingerprint density at radius 2 is 2.14 bits per heavy atom. The van der Waals surface area contributed by atoms with Gasteiger partial charge in [0.15, 0.2) is 0 Å². The van der Waals surface area contributed by atoms with Crippen LogP contribution in [0.15, 0.2) is 18.2 Å². The molecule has 0 aromatic heterocycles. The average molecular weight is 291 g/mol. The molecule has 0 radical (unpaired) electrons. The lowest BCUT2D eigenvalue weighted by molar-refractivity contribution is 0.0951. The van der Waals surface area contributed by atoms with Crippen molar-refractivity contribution in [2.75, 3.05) is 13.7 Å². The molecule has 0 spiro atoms. The van der Waals surface area contributed by atoms with Crippen LogP contribution >= 0.6 is 0 Å². The molecular weight excluding hydrogens is 262 g/mol. The molecule has 21 heavy (non-hydrogen) atoms. The summed E-state index contributed by atoms with van der Waals surface area (Å²) in [5.41, 5.74) is 1.27. The molecule has 0 saturated heterocycles. The zero-order chi connectivity index (χ0) is 15.2. The minimum Gasteiger partial charge on any atom is -0.497 e. The van der Waals surface area contributed by atoms with Crippen LogP contribution in [0.2, 0.25) is 0 Å². The Morgan fingerprint density at radius 3 is 2.81 bits per heavy atom. The first-order valence-electron chi connectivity index (χ1n) is 8.27. The normalized spacial score (nSPS) is 22.3. The highest BCUT2D eigenvalue weighted by molar-refractivity contribution is 5.44. The van der Waals surface area contributed by atoms with Crippen LogP contribution in [-0.2, 0) is 0 Å². The number of rotatable bonds is 7. The van der Waals surface area contributed by atoms with Gasteiger partial charge >= 0.3 is 0 Å². The molecule has 0 amide bonds. The van der Waals surface area contributed by atoms with E-state index in [4.69, 9.17) is 9.47 Å². The topological polar surface area (TPSA) is 30.5 Å². The van der Waals surface area contributed by atoms with Crippen LogP contribution in [0.1, 0.15) is 58.1 Å². The lowest BCUT2D eigenvalue weighted by Gasteiger charge is -2.36. The Morgan fingerprint density at radius 1 is 1.33 bits per heavy atom. The van der Waals surface area contributed by atoms with Crippen LogP contribution < -0.4 is 14.8 Å². The number of fused-ring (bicyclic) bond motifs is 1. The Labute approximate surface area is 129 Å². The molecule has 1 aliphatic rings. The largest absolute Gasteiger partial charge is 0.497 e. The van der Waals surface area contributed by atoms with Crippen molar-refractivity contribution in [2.45, 2.75) is 58.6 Å². The molecule has 0 saturated carbocycles. The van der Waals surface area contributed by atoms with Gasteiger partial charge in [0.05, 0.1) is 7.11 Å². The molecule has 1 aromatic rings. The molecule has 3 unspecified atom stereocenters. The molecule has 1 aromatic carbocycles. The van der Waals surface area contributed by atoms with E-state index in [-0.39, 0.29) is 0 Å². The Hall–Kier alpha value is -1.22. The number of hydrogen-bond donors (Lipinski definition) is 1. The van der Waals surface area contributed by atoms with Crippen molar-refractivity contribution < 1.29 is 9.47 Å². The second-order valence-corrected chi connectivity index (χ2v) is 6.07. The molecule has 0 fully saturated rings. The van der Waals surface area contributed by atoms with Crippen LogP contribution in [0.25, 0.3) is 0 Å². The van der Waals surface area contributed by atoms with Gasteiger partial charge in [-0.15, -0.1) is 0 Å². The lowest BCUT2D eigenvalue weighted by atomic mass is 9.88. The van der Waals surface area contributed by atoms with Crippen LogP contribution in [0, 0.1) is 5.92 Å². The Kier molecular flexibility index (Phi) is 5.92. The Balaban J connectivity index is 2.22. The minimum absolute atomic E-state index is 0.291.